The Labute approximate surface area is 93.2 Å². The van der Waals surface area contributed by atoms with E-state index >= 15 is 0 Å². The van der Waals surface area contributed by atoms with Crippen molar-refractivity contribution in [2.45, 2.75) is 6.42 Å². The maximum Gasteiger partial charge on any atom is 0.164 e. The molecule has 0 fully saturated rings. The van der Waals surface area contributed by atoms with Gasteiger partial charge in [0.15, 0.2) is 11.5 Å². The van der Waals surface area contributed by atoms with Crippen LogP contribution in [0.25, 0.3) is 0 Å². The fourth-order valence-electron chi connectivity index (χ4n) is 1.70. The summed E-state index contributed by atoms with van der Waals surface area (Å²) in [6.07, 6.45) is 0.582. The minimum atomic E-state index is 0.502. The Morgan fingerprint density at radius 3 is 2.56 bits per heavy atom. The Morgan fingerprint density at radius 2 is 1.94 bits per heavy atom. The maximum absolute atomic E-state index is 8.89. The summed E-state index contributed by atoms with van der Waals surface area (Å²) < 4.78 is 15.8. The fourth-order valence-corrected chi connectivity index (χ4v) is 1.70. The SMILES string of the molecule is COc1cc2c(cc1OC)C(=NO)CCO2. The van der Waals surface area contributed by atoms with Gasteiger partial charge in [0.1, 0.15) is 5.75 Å². The maximum atomic E-state index is 8.89. The third-order valence-corrected chi connectivity index (χ3v) is 2.51. The highest BCUT2D eigenvalue weighted by molar-refractivity contribution is 6.04. The van der Waals surface area contributed by atoms with Crippen molar-refractivity contribution in [3.63, 3.8) is 0 Å². The zero-order valence-corrected chi connectivity index (χ0v) is 9.19. The Morgan fingerprint density at radius 1 is 1.25 bits per heavy atom. The first-order valence-electron chi connectivity index (χ1n) is 4.90. The zero-order valence-electron chi connectivity index (χ0n) is 9.19. The molecule has 86 valence electrons. The van der Waals surface area contributed by atoms with Crippen molar-refractivity contribution in [3.8, 4) is 17.2 Å². The van der Waals surface area contributed by atoms with E-state index in [2.05, 4.69) is 5.16 Å². The zero-order chi connectivity index (χ0) is 11.5. The third kappa shape index (κ3) is 1.64. The van der Waals surface area contributed by atoms with Crippen molar-refractivity contribution in [2.24, 2.45) is 5.16 Å². The van der Waals surface area contributed by atoms with Gasteiger partial charge in [-0.05, 0) is 6.07 Å². The molecule has 1 aromatic rings. The van der Waals surface area contributed by atoms with E-state index in [4.69, 9.17) is 19.4 Å². The molecular weight excluding hydrogens is 210 g/mol. The number of hydrogen-bond donors (Lipinski definition) is 1. The minimum absolute atomic E-state index is 0.502. The van der Waals surface area contributed by atoms with Crippen LogP contribution in [0.3, 0.4) is 0 Å². The molecule has 0 bridgehead atoms. The number of ether oxygens (including phenoxy) is 3. The second kappa shape index (κ2) is 4.30. The molecule has 2 rings (SSSR count). The van der Waals surface area contributed by atoms with E-state index in [-0.39, 0.29) is 0 Å². The molecule has 5 heteroatoms. The second-order valence-corrected chi connectivity index (χ2v) is 3.35. The molecule has 0 spiro atoms. The monoisotopic (exact) mass is 223 g/mol. The van der Waals surface area contributed by atoms with E-state index in [0.717, 1.165) is 5.56 Å². The molecule has 1 N–H and O–H groups in total. The fraction of sp³-hybridized carbons (Fsp3) is 0.364. The Kier molecular flexibility index (Phi) is 2.85. The molecule has 1 heterocycles. The Hall–Kier alpha value is -1.91. The molecule has 1 aliphatic rings. The molecular formula is C11H13NO4. The number of nitrogens with zero attached hydrogens (tertiary/aromatic N) is 1. The number of hydrogen-bond acceptors (Lipinski definition) is 5. The van der Waals surface area contributed by atoms with E-state index in [0.29, 0.717) is 36.0 Å². The average Bonchev–Trinajstić information content (AvgIpc) is 2.36. The van der Waals surface area contributed by atoms with Gasteiger partial charge in [0.2, 0.25) is 0 Å². The third-order valence-electron chi connectivity index (χ3n) is 2.51. The summed E-state index contributed by atoms with van der Waals surface area (Å²) in [6, 6.07) is 3.49. The first-order chi connectivity index (χ1) is 7.80. The van der Waals surface area contributed by atoms with E-state index in [9.17, 15) is 0 Å². The van der Waals surface area contributed by atoms with Crippen LogP contribution in [0.1, 0.15) is 12.0 Å². The average molecular weight is 223 g/mol. The van der Waals surface area contributed by atoms with Crippen LogP contribution in [0.15, 0.2) is 17.3 Å². The highest BCUT2D eigenvalue weighted by Gasteiger charge is 2.20. The van der Waals surface area contributed by atoms with Crippen molar-refractivity contribution < 1.29 is 19.4 Å². The first-order valence-corrected chi connectivity index (χ1v) is 4.90. The molecule has 0 saturated heterocycles. The normalized spacial score (nSPS) is 16.5. The highest BCUT2D eigenvalue weighted by Crippen LogP contribution is 2.37. The molecule has 0 amide bonds. The minimum Gasteiger partial charge on any atom is -0.493 e. The number of fused-ring (bicyclic) bond motifs is 1. The Balaban J connectivity index is 2.55. The lowest BCUT2D eigenvalue weighted by molar-refractivity contribution is 0.294. The molecule has 16 heavy (non-hydrogen) atoms. The summed E-state index contributed by atoms with van der Waals surface area (Å²) >= 11 is 0. The molecule has 0 radical (unpaired) electrons. The lowest BCUT2D eigenvalue weighted by atomic mass is 10.0. The topological polar surface area (TPSA) is 60.3 Å². The molecule has 1 aromatic carbocycles. The summed E-state index contributed by atoms with van der Waals surface area (Å²) in [7, 11) is 3.12. The largest absolute Gasteiger partial charge is 0.493 e. The van der Waals surface area contributed by atoms with Gasteiger partial charge < -0.3 is 19.4 Å². The molecule has 5 nitrogen and oxygen atoms in total. The second-order valence-electron chi connectivity index (χ2n) is 3.35. The summed E-state index contributed by atoms with van der Waals surface area (Å²) in [5, 5.41) is 12.1. The van der Waals surface area contributed by atoms with Crippen LogP contribution in [0.2, 0.25) is 0 Å². The molecule has 1 aliphatic heterocycles. The molecule has 0 saturated carbocycles. The van der Waals surface area contributed by atoms with Crippen molar-refractivity contribution in [3.05, 3.63) is 17.7 Å². The first kappa shape index (κ1) is 10.6. The van der Waals surface area contributed by atoms with Crippen molar-refractivity contribution in [1.82, 2.24) is 0 Å². The summed E-state index contributed by atoms with van der Waals surface area (Å²) in [5.41, 5.74) is 1.34. The molecule has 0 atom stereocenters. The van der Waals surface area contributed by atoms with Crippen molar-refractivity contribution >= 4 is 5.71 Å². The highest BCUT2D eigenvalue weighted by atomic mass is 16.5. The molecule has 0 aromatic heterocycles. The van der Waals surface area contributed by atoms with Gasteiger partial charge >= 0.3 is 0 Å². The van der Waals surface area contributed by atoms with Gasteiger partial charge in [-0.2, -0.15) is 0 Å². The van der Waals surface area contributed by atoms with Crippen LogP contribution in [-0.2, 0) is 0 Å². The number of benzene rings is 1. The molecule has 0 unspecified atom stereocenters. The standard InChI is InChI=1S/C11H13NO4/c1-14-10-5-7-8(12-13)3-4-16-9(7)6-11(10)15-2/h5-6,13H,3-4H2,1-2H3. The van der Waals surface area contributed by atoms with Crippen molar-refractivity contribution in [1.29, 1.82) is 0 Å². The van der Waals surface area contributed by atoms with Gasteiger partial charge in [-0.15, -0.1) is 0 Å². The smallest absolute Gasteiger partial charge is 0.164 e. The quantitative estimate of drug-likeness (QED) is 0.612. The predicted octanol–water partition coefficient (Wildman–Crippen LogP) is 1.66. The number of rotatable bonds is 2. The van der Waals surface area contributed by atoms with Crippen LogP contribution >= 0.6 is 0 Å². The lowest BCUT2D eigenvalue weighted by Gasteiger charge is -2.20. The van der Waals surface area contributed by atoms with Crippen LogP contribution in [0.5, 0.6) is 17.2 Å². The summed E-state index contributed by atoms with van der Waals surface area (Å²) in [4.78, 5) is 0. The number of oxime groups is 1. The van der Waals surface area contributed by atoms with E-state index in [1.165, 1.54) is 0 Å². The van der Waals surface area contributed by atoms with E-state index in [1.807, 2.05) is 0 Å². The van der Waals surface area contributed by atoms with Crippen LogP contribution in [-0.4, -0.2) is 31.7 Å². The van der Waals surface area contributed by atoms with Gasteiger partial charge in [-0.1, -0.05) is 5.16 Å². The van der Waals surface area contributed by atoms with Gasteiger partial charge in [-0.3, -0.25) is 0 Å². The predicted molar refractivity (Wildman–Crippen MR) is 58.0 cm³/mol. The number of methoxy groups -OCH3 is 2. The van der Waals surface area contributed by atoms with E-state index in [1.54, 1.807) is 26.4 Å². The molecule has 0 aliphatic carbocycles. The van der Waals surface area contributed by atoms with Crippen molar-refractivity contribution in [2.75, 3.05) is 20.8 Å². The van der Waals surface area contributed by atoms with Crippen LogP contribution in [0, 0.1) is 0 Å². The van der Waals surface area contributed by atoms with Gasteiger partial charge in [0.05, 0.1) is 26.5 Å². The van der Waals surface area contributed by atoms with Gasteiger partial charge in [0, 0.05) is 18.1 Å². The summed E-state index contributed by atoms with van der Waals surface area (Å²) in [5.74, 6) is 1.84. The van der Waals surface area contributed by atoms with E-state index < -0.39 is 0 Å². The van der Waals surface area contributed by atoms with Gasteiger partial charge in [0.25, 0.3) is 0 Å². The van der Waals surface area contributed by atoms with Gasteiger partial charge in [-0.25, -0.2) is 0 Å². The van der Waals surface area contributed by atoms with Crippen LogP contribution in [0.4, 0.5) is 0 Å². The summed E-state index contributed by atoms with van der Waals surface area (Å²) in [6.45, 7) is 0.502. The lowest BCUT2D eigenvalue weighted by Crippen LogP contribution is -2.16. The van der Waals surface area contributed by atoms with Crippen LogP contribution < -0.4 is 14.2 Å². The Bertz CT molecular complexity index is 428.